The van der Waals surface area contributed by atoms with Crippen molar-refractivity contribution in [3.8, 4) is 0 Å². The molecular weight excluding hydrogens is 458 g/mol. The van der Waals surface area contributed by atoms with Crippen LogP contribution in [0.5, 0.6) is 0 Å². The van der Waals surface area contributed by atoms with Crippen molar-refractivity contribution in [2.75, 3.05) is 32.7 Å². The van der Waals surface area contributed by atoms with Gasteiger partial charge in [0.25, 0.3) is 10.0 Å². The first-order chi connectivity index (χ1) is 15.8. The quantitative estimate of drug-likeness (QED) is 0.527. The van der Waals surface area contributed by atoms with Gasteiger partial charge >= 0.3 is 0 Å². The molecule has 0 atom stereocenters. The van der Waals surface area contributed by atoms with Gasteiger partial charge in [-0.25, -0.2) is 8.42 Å². The zero-order chi connectivity index (χ0) is 23.4. The predicted octanol–water partition coefficient (Wildman–Crippen LogP) is 2.23. The van der Waals surface area contributed by atoms with E-state index in [1.165, 1.54) is 21.2 Å². The molecule has 10 heteroatoms. The molecule has 1 aromatic carbocycles. The summed E-state index contributed by atoms with van der Waals surface area (Å²) in [5.74, 6) is -0.0702. The number of carbonyl (C=O) groups is 1. The van der Waals surface area contributed by atoms with E-state index in [1.54, 1.807) is 17.5 Å². The molecule has 4 rings (SSSR count). The first-order valence-electron chi connectivity index (χ1n) is 10.9. The van der Waals surface area contributed by atoms with Crippen molar-refractivity contribution in [3.63, 3.8) is 0 Å². The number of hydrogen-bond acceptors (Lipinski definition) is 6. The summed E-state index contributed by atoms with van der Waals surface area (Å²) in [7, 11) is -3.43. The fourth-order valence-electron chi connectivity index (χ4n) is 4.01. The third-order valence-electron chi connectivity index (χ3n) is 5.96. The summed E-state index contributed by atoms with van der Waals surface area (Å²) in [6, 6.07) is 13.5. The third kappa shape index (κ3) is 5.52. The highest BCUT2D eigenvalue weighted by molar-refractivity contribution is 7.91. The van der Waals surface area contributed by atoms with Crippen molar-refractivity contribution < 1.29 is 13.2 Å². The Bertz CT molecular complexity index is 1180. The number of nitrogens with one attached hydrogen (secondary N) is 1. The van der Waals surface area contributed by atoms with Gasteiger partial charge < -0.3 is 5.32 Å². The van der Waals surface area contributed by atoms with E-state index in [9.17, 15) is 13.2 Å². The second kappa shape index (κ2) is 10.2. The number of nitrogens with zero attached hydrogens (tertiary/aromatic N) is 4. The maximum absolute atomic E-state index is 12.6. The molecule has 1 fully saturated rings. The van der Waals surface area contributed by atoms with Gasteiger partial charge in [0.15, 0.2) is 0 Å². The Morgan fingerprint density at radius 3 is 2.45 bits per heavy atom. The van der Waals surface area contributed by atoms with Crippen molar-refractivity contribution in [3.05, 3.63) is 70.4 Å². The van der Waals surface area contributed by atoms with Crippen LogP contribution in [0.4, 0.5) is 0 Å². The van der Waals surface area contributed by atoms with Gasteiger partial charge in [-0.2, -0.15) is 9.40 Å². The molecule has 0 spiro atoms. The Morgan fingerprint density at radius 2 is 1.79 bits per heavy atom. The number of benzene rings is 1. The standard InChI is InChI=1S/C23H29N5O3S2/c1-18-21(19(2)28(25-18)16-20-7-4-3-5-8-20)15-24-22(29)17-26-10-12-27(13-11-26)33(30,31)23-9-6-14-32-23/h3-9,14H,10-13,15-17H2,1-2H3,(H,24,29). The van der Waals surface area contributed by atoms with Crippen LogP contribution in [0.25, 0.3) is 0 Å². The zero-order valence-corrected chi connectivity index (χ0v) is 20.5. The highest BCUT2D eigenvalue weighted by Gasteiger charge is 2.29. The van der Waals surface area contributed by atoms with Crippen LogP contribution in [0.2, 0.25) is 0 Å². The molecule has 33 heavy (non-hydrogen) atoms. The number of thiophene rings is 1. The molecule has 1 aliphatic heterocycles. The molecule has 3 aromatic rings. The summed E-state index contributed by atoms with van der Waals surface area (Å²) in [5.41, 5.74) is 4.17. The number of sulfonamides is 1. The van der Waals surface area contributed by atoms with E-state index in [0.717, 1.165) is 17.0 Å². The summed E-state index contributed by atoms with van der Waals surface area (Å²) in [4.78, 5) is 14.6. The molecule has 0 aliphatic carbocycles. The first kappa shape index (κ1) is 23.6. The summed E-state index contributed by atoms with van der Waals surface area (Å²) in [6.45, 7) is 7.20. The average Bonchev–Trinajstić information content (AvgIpc) is 3.43. The molecule has 0 saturated carbocycles. The van der Waals surface area contributed by atoms with Crippen LogP contribution in [-0.4, -0.2) is 66.0 Å². The second-order valence-corrected chi connectivity index (χ2v) is 11.3. The number of aryl methyl sites for hydroxylation is 1. The third-order valence-corrected chi connectivity index (χ3v) is 9.23. The average molecular weight is 488 g/mol. The fourth-order valence-corrected chi connectivity index (χ4v) is 6.58. The van der Waals surface area contributed by atoms with Gasteiger partial charge in [0.05, 0.1) is 18.8 Å². The van der Waals surface area contributed by atoms with Crippen LogP contribution in [0.1, 0.15) is 22.5 Å². The summed E-state index contributed by atoms with van der Waals surface area (Å²) in [6.07, 6.45) is 0. The van der Waals surface area contributed by atoms with Crippen molar-refractivity contribution in [2.45, 2.75) is 31.1 Å². The monoisotopic (exact) mass is 487 g/mol. The number of carbonyl (C=O) groups excluding carboxylic acids is 1. The van der Waals surface area contributed by atoms with Crippen molar-refractivity contribution >= 4 is 27.3 Å². The van der Waals surface area contributed by atoms with Crippen LogP contribution >= 0.6 is 11.3 Å². The lowest BCUT2D eigenvalue weighted by atomic mass is 10.2. The molecule has 2 aromatic heterocycles. The van der Waals surface area contributed by atoms with E-state index < -0.39 is 10.0 Å². The molecule has 0 unspecified atom stereocenters. The normalized spacial score (nSPS) is 15.6. The Balaban J connectivity index is 1.27. The van der Waals surface area contributed by atoms with E-state index in [4.69, 9.17) is 0 Å². The summed E-state index contributed by atoms with van der Waals surface area (Å²) < 4.78 is 29.1. The molecule has 3 heterocycles. The number of hydrogen-bond donors (Lipinski definition) is 1. The summed E-state index contributed by atoms with van der Waals surface area (Å²) >= 11 is 1.23. The molecule has 1 N–H and O–H groups in total. The lowest BCUT2D eigenvalue weighted by Crippen LogP contribution is -2.50. The van der Waals surface area contributed by atoms with Gasteiger partial charge in [-0.15, -0.1) is 11.3 Å². The number of rotatable bonds is 8. The lowest BCUT2D eigenvalue weighted by Gasteiger charge is -2.33. The minimum atomic E-state index is -3.43. The van der Waals surface area contributed by atoms with E-state index in [1.807, 2.05) is 41.6 Å². The van der Waals surface area contributed by atoms with Crippen LogP contribution in [-0.2, 0) is 27.9 Å². The highest BCUT2D eigenvalue weighted by atomic mass is 32.2. The van der Waals surface area contributed by atoms with Gasteiger partial charge in [0.2, 0.25) is 5.91 Å². The molecule has 0 bridgehead atoms. The van der Waals surface area contributed by atoms with Crippen LogP contribution < -0.4 is 5.32 Å². The molecule has 1 aliphatic rings. The SMILES string of the molecule is Cc1nn(Cc2ccccc2)c(C)c1CNC(=O)CN1CCN(S(=O)(=O)c2cccs2)CC1. The van der Waals surface area contributed by atoms with Gasteiger partial charge in [0.1, 0.15) is 4.21 Å². The van der Waals surface area contributed by atoms with Crippen LogP contribution in [0, 0.1) is 13.8 Å². The number of amides is 1. The Hall–Kier alpha value is -2.53. The minimum Gasteiger partial charge on any atom is -0.351 e. The van der Waals surface area contributed by atoms with Gasteiger partial charge in [-0.05, 0) is 30.9 Å². The maximum atomic E-state index is 12.6. The Kier molecular flexibility index (Phi) is 7.28. The van der Waals surface area contributed by atoms with Crippen molar-refractivity contribution in [2.24, 2.45) is 0 Å². The van der Waals surface area contributed by atoms with Crippen LogP contribution in [0.15, 0.2) is 52.1 Å². The molecule has 1 saturated heterocycles. The predicted molar refractivity (Wildman–Crippen MR) is 129 cm³/mol. The maximum Gasteiger partial charge on any atom is 0.252 e. The largest absolute Gasteiger partial charge is 0.351 e. The van der Waals surface area contributed by atoms with Gasteiger partial charge in [-0.3, -0.25) is 14.4 Å². The number of piperazine rings is 1. The van der Waals surface area contributed by atoms with Gasteiger partial charge in [0, 0.05) is 44.0 Å². The van der Waals surface area contributed by atoms with E-state index in [2.05, 4.69) is 22.5 Å². The van der Waals surface area contributed by atoms with E-state index in [0.29, 0.717) is 43.5 Å². The van der Waals surface area contributed by atoms with E-state index >= 15 is 0 Å². The second-order valence-electron chi connectivity index (χ2n) is 8.18. The number of aromatic nitrogens is 2. The zero-order valence-electron chi connectivity index (χ0n) is 18.9. The molecular formula is C23H29N5O3S2. The van der Waals surface area contributed by atoms with Crippen molar-refractivity contribution in [1.29, 1.82) is 0 Å². The minimum absolute atomic E-state index is 0.0702. The Labute approximate surface area is 198 Å². The first-order valence-corrected chi connectivity index (χ1v) is 13.3. The summed E-state index contributed by atoms with van der Waals surface area (Å²) in [5, 5.41) is 9.42. The molecule has 0 radical (unpaired) electrons. The van der Waals surface area contributed by atoms with E-state index in [-0.39, 0.29) is 12.5 Å². The Morgan fingerprint density at radius 1 is 1.06 bits per heavy atom. The molecule has 176 valence electrons. The topological polar surface area (TPSA) is 87.5 Å². The lowest BCUT2D eigenvalue weighted by molar-refractivity contribution is -0.122. The van der Waals surface area contributed by atoms with Crippen LogP contribution in [0.3, 0.4) is 0 Å². The highest BCUT2D eigenvalue weighted by Crippen LogP contribution is 2.22. The molecule has 8 nitrogen and oxygen atoms in total. The fraction of sp³-hybridized carbons (Fsp3) is 0.391. The van der Waals surface area contributed by atoms with Gasteiger partial charge in [-0.1, -0.05) is 36.4 Å². The molecule has 1 amide bonds. The van der Waals surface area contributed by atoms with Crippen molar-refractivity contribution in [1.82, 2.24) is 24.3 Å². The smallest absolute Gasteiger partial charge is 0.252 e.